The number of ether oxygens (including phenoxy) is 1. The molecule has 1 saturated heterocycles. The van der Waals surface area contributed by atoms with Crippen LogP contribution in [0.5, 0.6) is 5.75 Å². The quantitative estimate of drug-likeness (QED) is 0.341. The highest BCUT2D eigenvalue weighted by Crippen LogP contribution is 2.65. The number of carbonyl (C=O) groups excluding carboxylic acids is 3. The number of hydrogen-bond donors (Lipinski definition) is 0. The third-order valence-corrected chi connectivity index (χ3v) is 7.26. The molecule has 7 rings (SSSR count). The number of nitrogens with zero attached hydrogens (tertiary/aromatic N) is 1. The van der Waals surface area contributed by atoms with E-state index in [0.717, 1.165) is 12.0 Å². The molecule has 1 aliphatic heterocycles. The number of rotatable bonds is 3. The van der Waals surface area contributed by atoms with Gasteiger partial charge >= 0.3 is 5.97 Å². The first kappa shape index (κ1) is 17.6. The number of anilines is 1. The predicted molar refractivity (Wildman–Crippen MR) is 110 cm³/mol. The van der Waals surface area contributed by atoms with Crippen molar-refractivity contribution in [1.82, 2.24) is 0 Å². The number of allylic oxidation sites excluding steroid dienone is 2. The fraction of sp³-hybridized carbons (Fsp3) is 0.320. The topological polar surface area (TPSA) is 63.7 Å². The Morgan fingerprint density at radius 3 is 2.00 bits per heavy atom. The molecule has 5 aliphatic rings. The highest BCUT2D eigenvalue weighted by atomic mass is 16.5. The lowest BCUT2D eigenvalue weighted by Crippen LogP contribution is -2.40. The van der Waals surface area contributed by atoms with Gasteiger partial charge in [-0.1, -0.05) is 29.8 Å². The van der Waals surface area contributed by atoms with E-state index >= 15 is 0 Å². The molecule has 6 atom stereocenters. The van der Waals surface area contributed by atoms with E-state index in [1.807, 2.05) is 19.1 Å². The maximum Gasteiger partial charge on any atom is 0.343 e. The van der Waals surface area contributed by atoms with Gasteiger partial charge in [-0.3, -0.25) is 14.5 Å². The van der Waals surface area contributed by atoms with E-state index in [-0.39, 0.29) is 35.5 Å². The summed E-state index contributed by atoms with van der Waals surface area (Å²) in [5.74, 6) is 0.932. The van der Waals surface area contributed by atoms with E-state index in [1.54, 1.807) is 36.4 Å². The van der Waals surface area contributed by atoms with Gasteiger partial charge in [-0.15, -0.1) is 0 Å². The molecule has 3 fully saturated rings. The molecule has 2 amide bonds. The molecule has 5 heteroatoms. The van der Waals surface area contributed by atoms with Crippen LogP contribution in [-0.4, -0.2) is 17.8 Å². The number of benzene rings is 2. The van der Waals surface area contributed by atoms with Crippen molar-refractivity contribution in [2.75, 3.05) is 4.90 Å². The monoisotopic (exact) mass is 399 g/mol. The van der Waals surface area contributed by atoms with Crippen molar-refractivity contribution < 1.29 is 19.1 Å². The summed E-state index contributed by atoms with van der Waals surface area (Å²) in [6, 6.07) is 13.8. The number of amides is 2. The first-order chi connectivity index (χ1) is 14.5. The van der Waals surface area contributed by atoms with Crippen LogP contribution >= 0.6 is 0 Å². The number of carbonyl (C=O) groups is 3. The number of hydrogen-bond acceptors (Lipinski definition) is 4. The van der Waals surface area contributed by atoms with E-state index in [1.165, 1.54) is 4.90 Å². The summed E-state index contributed by atoms with van der Waals surface area (Å²) in [6.07, 6.45) is 5.49. The number of esters is 1. The van der Waals surface area contributed by atoms with Crippen molar-refractivity contribution in [1.29, 1.82) is 0 Å². The van der Waals surface area contributed by atoms with Gasteiger partial charge < -0.3 is 4.74 Å². The average Bonchev–Trinajstić information content (AvgIpc) is 3.53. The fourth-order valence-electron chi connectivity index (χ4n) is 5.73. The molecule has 2 aromatic carbocycles. The van der Waals surface area contributed by atoms with Crippen molar-refractivity contribution in [3.05, 3.63) is 71.8 Å². The largest absolute Gasteiger partial charge is 0.423 e. The highest BCUT2D eigenvalue weighted by molar-refractivity contribution is 6.22. The van der Waals surface area contributed by atoms with Gasteiger partial charge in [-0.05, 0) is 73.4 Å². The number of imide groups is 1. The Bertz CT molecular complexity index is 1060. The lowest BCUT2D eigenvalue weighted by Gasteiger charge is -2.37. The summed E-state index contributed by atoms with van der Waals surface area (Å²) in [4.78, 5) is 40.0. The summed E-state index contributed by atoms with van der Waals surface area (Å²) < 4.78 is 5.43. The molecule has 150 valence electrons. The Labute approximate surface area is 174 Å². The molecule has 2 bridgehead atoms. The van der Waals surface area contributed by atoms with Crippen LogP contribution in [0.4, 0.5) is 5.69 Å². The Hall–Kier alpha value is -3.21. The van der Waals surface area contributed by atoms with Crippen molar-refractivity contribution >= 4 is 23.5 Å². The minimum Gasteiger partial charge on any atom is -0.423 e. The van der Waals surface area contributed by atoms with Gasteiger partial charge in [0, 0.05) is 0 Å². The van der Waals surface area contributed by atoms with Crippen molar-refractivity contribution in [3.63, 3.8) is 0 Å². The van der Waals surface area contributed by atoms with Crippen LogP contribution < -0.4 is 9.64 Å². The third-order valence-electron chi connectivity index (χ3n) is 7.26. The molecule has 1 heterocycles. The predicted octanol–water partition coefficient (Wildman–Crippen LogP) is 3.77. The van der Waals surface area contributed by atoms with Crippen LogP contribution in [0.1, 0.15) is 22.3 Å². The van der Waals surface area contributed by atoms with Gasteiger partial charge in [0.2, 0.25) is 11.8 Å². The smallest absolute Gasteiger partial charge is 0.343 e. The molecular formula is C25H21NO4. The standard InChI is InChI=1S/C25H21NO4/c1-13-2-4-14(5-3-13)25(29)30-16-8-6-15(7-9-16)26-23(27)21-17-10-11-18(20-12-19(17)20)22(21)24(26)28/h2-11,17-22H,12H2,1H3/t17-,18-,19-,20-,21-,22+/m0/s1. The lowest BCUT2D eigenvalue weighted by molar-refractivity contribution is -0.124. The van der Waals surface area contributed by atoms with Gasteiger partial charge in [-0.25, -0.2) is 4.79 Å². The number of aryl methyl sites for hydroxylation is 1. The SMILES string of the molecule is Cc1ccc(C(=O)Oc2ccc(N3C(=O)[C@@H]4[C@H]5C=C[C@@H]([C@@H]6C[C@@H]56)[C@@H]4C3=O)cc2)cc1. The van der Waals surface area contributed by atoms with Gasteiger partial charge in [0.05, 0.1) is 23.1 Å². The average molecular weight is 399 g/mol. The van der Waals surface area contributed by atoms with Crippen LogP contribution in [0, 0.1) is 42.4 Å². The van der Waals surface area contributed by atoms with Gasteiger partial charge in [0.15, 0.2) is 0 Å². The third kappa shape index (κ3) is 2.44. The normalized spacial score (nSPS) is 32.8. The van der Waals surface area contributed by atoms with Crippen molar-refractivity contribution in [2.24, 2.45) is 35.5 Å². The molecule has 0 unspecified atom stereocenters. The molecule has 30 heavy (non-hydrogen) atoms. The second kappa shape index (κ2) is 6.14. The molecule has 2 saturated carbocycles. The molecule has 5 nitrogen and oxygen atoms in total. The summed E-state index contributed by atoms with van der Waals surface area (Å²) >= 11 is 0. The zero-order chi connectivity index (χ0) is 20.6. The maximum atomic E-state index is 13.2. The molecule has 2 aromatic rings. The lowest BCUT2D eigenvalue weighted by atomic mass is 9.63. The Balaban J connectivity index is 1.22. The molecule has 4 aliphatic carbocycles. The van der Waals surface area contributed by atoms with Crippen LogP contribution in [0.25, 0.3) is 0 Å². The molecule has 0 N–H and O–H groups in total. The van der Waals surface area contributed by atoms with E-state index in [0.29, 0.717) is 28.8 Å². The van der Waals surface area contributed by atoms with Gasteiger partial charge in [-0.2, -0.15) is 0 Å². The Morgan fingerprint density at radius 2 is 1.43 bits per heavy atom. The second-order valence-corrected chi connectivity index (χ2v) is 8.92. The zero-order valence-corrected chi connectivity index (χ0v) is 16.5. The van der Waals surface area contributed by atoms with Crippen LogP contribution in [-0.2, 0) is 9.59 Å². The van der Waals surface area contributed by atoms with Crippen molar-refractivity contribution in [3.8, 4) is 5.75 Å². The minimum absolute atomic E-state index is 0.0842. The molecule has 0 aromatic heterocycles. The summed E-state index contributed by atoms with van der Waals surface area (Å²) in [5.41, 5.74) is 2.08. The van der Waals surface area contributed by atoms with Crippen LogP contribution in [0.3, 0.4) is 0 Å². The fourth-order valence-corrected chi connectivity index (χ4v) is 5.73. The molecule has 0 spiro atoms. The second-order valence-electron chi connectivity index (χ2n) is 8.92. The Kier molecular flexibility index (Phi) is 3.61. The molecule has 0 radical (unpaired) electrons. The van der Waals surface area contributed by atoms with Crippen LogP contribution in [0.15, 0.2) is 60.7 Å². The maximum absolute atomic E-state index is 13.2. The van der Waals surface area contributed by atoms with Gasteiger partial charge in [0.25, 0.3) is 0 Å². The Morgan fingerprint density at radius 1 is 0.867 bits per heavy atom. The van der Waals surface area contributed by atoms with Gasteiger partial charge in [0.1, 0.15) is 5.75 Å². The molecular weight excluding hydrogens is 378 g/mol. The summed E-state index contributed by atoms with van der Waals surface area (Å²) in [7, 11) is 0. The van der Waals surface area contributed by atoms with Crippen LogP contribution in [0.2, 0.25) is 0 Å². The zero-order valence-electron chi connectivity index (χ0n) is 16.5. The van der Waals surface area contributed by atoms with E-state index < -0.39 is 5.97 Å². The highest BCUT2D eigenvalue weighted by Gasteiger charge is 2.67. The van der Waals surface area contributed by atoms with E-state index in [4.69, 9.17) is 4.74 Å². The summed E-state index contributed by atoms with van der Waals surface area (Å²) in [5, 5.41) is 0. The van der Waals surface area contributed by atoms with E-state index in [2.05, 4.69) is 12.2 Å². The summed E-state index contributed by atoms with van der Waals surface area (Å²) in [6.45, 7) is 1.95. The first-order valence-corrected chi connectivity index (χ1v) is 10.5. The van der Waals surface area contributed by atoms with E-state index in [9.17, 15) is 14.4 Å². The minimum atomic E-state index is -0.441. The first-order valence-electron chi connectivity index (χ1n) is 10.5. The van der Waals surface area contributed by atoms with Crippen molar-refractivity contribution in [2.45, 2.75) is 13.3 Å².